The number of rotatable bonds is 4. The fourth-order valence-corrected chi connectivity index (χ4v) is 2.51. The van der Waals surface area contributed by atoms with Crippen molar-refractivity contribution >= 4 is 10.9 Å². The van der Waals surface area contributed by atoms with Gasteiger partial charge in [-0.15, -0.1) is 0 Å². The number of hydrogen-bond donors (Lipinski definition) is 1. The molecule has 1 heterocycles. The van der Waals surface area contributed by atoms with Gasteiger partial charge in [-0.3, -0.25) is 4.68 Å². The molecule has 0 saturated carbocycles. The fourth-order valence-electron chi connectivity index (χ4n) is 2.51. The van der Waals surface area contributed by atoms with E-state index in [1.54, 1.807) is 0 Å². The Bertz CT molecular complexity index is 698. The smallest absolute Gasteiger partial charge is 0.0683 e. The number of fused-ring (bicyclic) bond motifs is 1. The zero-order chi connectivity index (χ0) is 13.9. The van der Waals surface area contributed by atoms with Crippen LogP contribution in [0.15, 0.2) is 54.7 Å². The Morgan fingerprint density at radius 1 is 1.10 bits per heavy atom. The van der Waals surface area contributed by atoms with E-state index in [1.807, 2.05) is 19.3 Å². The lowest BCUT2D eigenvalue weighted by Crippen LogP contribution is -2.22. The standard InChI is InChI=1S/C17H19N3/c1-13-7-9-14(10-8-13)16(18-2)12-20-17-6-4-3-5-15(17)11-19-20/h3-11,16,18H,12H2,1-2H3. The molecule has 1 aromatic heterocycles. The van der Waals surface area contributed by atoms with Crippen LogP contribution in [0.25, 0.3) is 10.9 Å². The first-order chi connectivity index (χ1) is 9.78. The van der Waals surface area contributed by atoms with E-state index in [-0.39, 0.29) is 6.04 Å². The molecule has 1 unspecified atom stereocenters. The van der Waals surface area contributed by atoms with Crippen molar-refractivity contribution in [1.29, 1.82) is 0 Å². The molecule has 3 aromatic rings. The maximum Gasteiger partial charge on any atom is 0.0683 e. The third kappa shape index (κ3) is 2.45. The van der Waals surface area contributed by atoms with Crippen LogP contribution < -0.4 is 5.32 Å². The van der Waals surface area contributed by atoms with Gasteiger partial charge in [-0.25, -0.2) is 0 Å². The predicted octanol–water partition coefficient (Wildman–Crippen LogP) is 3.31. The van der Waals surface area contributed by atoms with Gasteiger partial charge in [0, 0.05) is 5.39 Å². The van der Waals surface area contributed by atoms with Crippen molar-refractivity contribution in [2.24, 2.45) is 0 Å². The van der Waals surface area contributed by atoms with Crippen LogP contribution in [-0.4, -0.2) is 16.8 Å². The van der Waals surface area contributed by atoms with E-state index >= 15 is 0 Å². The number of likely N-dealkylation sites (N-methyl/N-ethyl adjacent to an activating group) is 1. The molecule has 1 atom stereocenters. The third-order valence-corrected chi connectivity index (χ3v) is 3.73. The van der Waals surface area contributed by atoms with Gasteiger partial charge in [0.2, 0.25) is 0 Å². The highest BCUT2D eigenvalue weighted by molar-refractivity contribution is 5.78. The lowest BCUT2D eigenvalue weighted by atomic mass is 10.1. The van der Waals surface area contributed by atoms with Crippen molar-refractivity contribution in [2.75, 3.05) is 7.05 Å². The third-order valence-electron chi connectivity index (χ3n) is 3.73. The molecule has 0 bridgehead atoms. The lowest BCUT2D eigenvalue weighted by Gasteiger charge is -2.17. The molecule has 20 heavy (non-hydrogen) atoms. The Kier molecular flexibility index (Phi) is 3.52. The maximum absolute atomic E-state index is 4.50. The summed E-state index contributed by atoms with van der Waals surface area (Å²) in [4.78, 5) is 0. The fraction of sp³-hybridized carbons (Fsp3) is 0.235. The van der Waals surface area contributed by atoms with Crippen LogP contribution in [0, 0.1) is 6.92 Å². The Balaban J connectivity index is 1.89. The van der Waals surface area contributed by atoms with Gasteiger partial charge < -0.3 is 5.32 Å². The number of aromatic nitrogens is 2. The second kappa shape index (κ2) is 5.47. The van der Waals surface area contributed by atoms with Crippen molar-refractivity contribution in [1.82, 2.24) is 15.1 Å². The summed E-state index contributed by atoms with van der Waals surface area (Å²) in [7, 11) is 2.00. The number of nitrogens with one attached hydrogen (secondary N) is 1. The monoisotopic (exact) mass is 265 g/mol. The number of nitrogens with zero attached hydrogens (tertiary/aromatic N) is 2. The second-order valence-corrected chi connectivity index (χ2v) is 5.14. The van der Waals surface area contributed by atoms with Gasteiger partial charge in [-0.2, -0.15) is 5.10 Å². The van der Waals surface area contributed by atoms with E-state index in [9.17, 15) is 0 Å². The van der Waals surface area contributed by atoms with Crippen LogP contribution in [0.5, 0.6) is 0 Å². The van der Waals surface area contributed by atoms with Gasteiger partial charge in [-0.1, -0.05) is 48.0 Å². The van der Waals surface area contributed by atoms with Crippen LogP contribution in [0.4, 0.5) is 0 Å². The van der Waals surface area contributed by atoms with Gasteiger partial charge in [0.05, 0.1) is 24.3 Å². The van der Waals surface area contributed by atoms with Crippen molar-refractivity contribution in [2.45, 2.75) is 19.5 Å². The summed E-state index contributed by atoms with van der Waals surface area (Å²) >= 11 is 0. The Hall–Kier alpha value is -2.13. The molecule has 0 spiro atoms. The van der Waals surface area contributed by atoms with E-state index < -0.39 is 0 Å². The highest BCUT2D eigenvalue weighted by Crippen LogP contribution is 2.19. The van der Waals surface area contributed by atoms with Gasteiger partial charge in [-0.05, 0) is 25.6 Å². The van der Waals surface area contributed by atoms with E-state index in [4.69, 9.17) is 0 Å². The average Bonchev–Trinajstić information content (AvgIpc) is 2.89. The maximum atomic E-state index is 4.50. The van der Waals surface area contributed by atoms with Gasteiger partial charge in [0.25, 0.3) is 0 Å². The number of para-hydroxylation sites is 1. The molecule has 3 rings (SSSR count). The van der Waals surface area contributed by atoms with E-state index in [0.717, 1.165) is 6.54 Å². The Labute approximate surface area is 119 Å². The zero-order valence-corrected chi connectivity index (χ0v) is 11.9. The van der Waals surface area contributed by atoms with Gasteiger partial charge in [0.15, 0.2) is 0 Å². The highest BCUT2D eigenvalue weighted by atomic mass is 15.3. The van der Waals surface area contributed by atoms with Crippen LogP contribution in [0.3, 0.4) is 0 Å². The topological polar surface area (TPSA) is 29.9 Å². The molecule has 3 heteroatoms. The summed E-state index contributed by atoms with van der Waals surface area (Å²) in [6, 6.07) is 17.2. The first-order valence-corrected chi connectivity index (χ1v) is 6.92. The average molecular weight is 265 g/mol. The van der Waals surface area contributed by atoms with E-state index in [0.29, 0.717) is 0 Å². The summed E-state index contributed by atoms with van der Waals surface area (Å²) in [5.74, 6) is 0. The first-order valence-electron chi connectivity index (χ1n) is 6.92. The van der Waals surface area contributed by atoms with Gasteiger partial charge in [0.1, 0.15) is 0 Å². The summed E-state index contributed by atoms with van der Waals surface area (Å²) in [6.45, 7) is 2.94. The van der Waals surface area contributed by atoms with Gasteiger partial charge >= 0.3 is 0 Å². The molecular formula is C17H19N3. The van der Waals surface area contributed by atoms with Crippen molar-refractivity contribution in [3.63, 3.8) is 0 Å². The molecule has 0 aliphatic heterocycles. The Morgan fingerprint density at radius 2 is 1.85 bits per heavy atom. The largest absolute Gasteiger partial charge is 0.311 e. The van der Waals surface area contributed by atoms with Crippen LogP contribution >= 0.6 is 0 Å². The lowest BCUT2D eigenvalue weighted by molar-refractivity contribution is 0.478. The summed E-state index contributed by atoms with van der Waals surface area (Å²) in [6.07, 6.45) is 1.93. The zero-order valence-electron chi connectivity index (χ0n) is 11.9. The number of hydrogen-bond acceptors (Lipinski definition) is 2. The van der Waals surface area contributed by atoms with Crippen LogP contribution in [0.1, 0.15) is 17.2 Å². The SMILES string of the molecule is CNC(Cn1ncc2ccccc21)c1ccc(C)cc1. The molecule has 0 aliphatic rings. The summed E-state index contributed by atoms with van der Waals surface area (Å²) in [5.41, 5.74) is 3.76. The van der Waals surface area contributed by atoms with Crippen molar-refractivity contribution < 1.29 is 0 Å². The summed E-state index contributed by atoms with van der Waals surface area (Å²) in [5, 5.41) is 9.07. The molecular weight excluding hydrogens is 246 g/mol. The molecule has 102 valence electrons. The summed E-state index contributed by atoms with van der Waals surface area (Å²) < 4.78 is 2.07. The normalized spacial score (nSPS) is 12.7. The molecule has 0 radical (unpaired) electrons. The van der Waals surface area contributed by atoms with Crippen molar-refractivity contribution in [3.8, 4) is 0 Å². The Morgan fingerprint density at radius 3 is 2.60 bits per heavy atom. The van der Waals surface area contributed by atoms with Crippen LogP contribution in [0.2, 0.25) is 0 Å². The van der Waals surface area contributed by atoms with Crippen molar-refractivity contribution in [3.05, 3.63) is 65.9 Å². The van der Waals surface area contributed by atoms with E-state index in [1.165, 1.54) is 22.0 Å². The quantitative estimate of drug-likeness (QED) is 0.784. The minimum atomic E-state index is 0.263. The minimum Gasteiger partial charge on any atom is -0.311 e. The van der Waals surface area contributed by atoms with Crippen LogP contribution in [-0.2, 0) is 6.54 Å². The van der Waals surface area contributed by atoms with E-state index in [2.05, 4.69) is 64.5 Å². The highest BCUT2D eigenvalue weighted by Gasteiger charge is 2.11. The number of benzene rings is 2. The predicted molar refractivity (Wildman–Crippen MR) is 82.7 cm³/mol. The minimum absolute atomic E-state index is 0.263. The second-order valence-electron chi connectivity index (χ2n) is 5.14. The molecule has 1 N–H and O–H groups in total. The molecule has 0 amide bonds. The molecule has 0 fully saturated rings. The first kappa shape index (κ1) is 12.9. The molecule has 0 saturated heterocycles. The molecule has 0 aliphatic carbocycles. The molecule has 2 aromatic carbocycles. The molecule has 3 nitrogen and oxygen atoms in total. The number of aryl methyl sites for hydroxylation is 1.